The maximum Gasteiger partial charge on any atom is 0.165 e. The molecule has 0 heterocycles. The van der Waals surface area contributed by atoms with Crippen LogP contribution in [0.2, 0.25) is 0 Å². The predicted octanol–water partition coefficient (Wildman–Crippen LogP) is 3.91. The van der Waals surface area contributed by atoms with Gasteiger partial charge >= 0.3 is 0 Å². The van der Waals surface area contributed by atoms with Crippen molar-refractivity contribution in [3.05, 3.63) is 23.8 Å². The van der Waals surface area contributed by atoms with E-state index in [1.807, 2.05) is 19.1 Å². The van der Waals surface area contributed by atoms with E-state index >= 15 is 0 Å². The summed E-state index contributed by atoms with van der Waals surface area (Å²) in [5, 5.41) is 3.72. The summed E-state index contributed by atoms with van der Waals surface area (Å²) >= 11 is 0. The van der Waals surface area contributed by atoms with Gasteiger partial charge in [-0.2, -0.15) is 0 Å². The molecule has 0 aromatic heterocycles. The van der Waals surface area contributed by atoms with E-state index in [2.05, 4.69) is 18.3 Å². The second-order valence-electron chi connectivity index (χ2n) is 5.86. The molecule has 1 saturated carbocycles. The number of ether oxygens (including phenoxy) is 2. The lowest BCUT2D eigenvalue weighted by Gasteiger charge is -2.35. The van der Waals surface area contributed by atoms with Crippen molar-refractivity contribution >= 4 is 0 Å². The van der Waals surface area contributed by atoms with Gasteiger partial charge in [-0.15, -0.1) is 0 Å². The summed E-state index contributed by atoms with van der Waals surface area (Å²) in [6, 6.07) is 6.11. The summed E-state index contributed by atoms with van der Waals surface area (Å²) in [4.78, 5) is 0. The predicted molar refractivity (Wildman–Crippen MR) is 82.5 cm³/mol. The van der Waals surface area contributed by atoms with Crippen LogP contribution in [0.1, 0.15) is 51.5 Å². The lowest BCUT2D eigenvalue weighted by atomic mass is 9.83. The van der Waals surface area contributed by atoms with Crippen LogP contribution in [-0.2, 0) is 6.54 Å². The fourth-order valence-corrected chi connectivity index (χ4v) is 3.02. The summed E-state index contributed by atoms with van der Waals surface area (Å²) in [6.45, 7) is 5.82. The van der Waals surface area contributed by atoms with E-state index in [9.17, 15) is 0 Å². The number of hydrogen-bond acceptors (Lipinski definition) is 3. The number of para-hydroxylation sites is 1. The average Bonchev–Trinajstić information content (AvgIpc) is 2.46. The van der Waals surface area contributed by atoms with Crippen molar-refractivity contribution in [3.8, 4) is 11.5 Å². The third-order valence-electron chi connectivity index (χ3n) is 4.23. The Kier molecular flexibility index (Phi) is 5.30. The van der Waals surface area contributed by atoms with Gasteiger partial charge in [0.05, 0.1) is 13.7 Å². The summed E-state index contributed by atoms with van der Waals surface area (Å²) < 4.78 is 11.2. The fraction of sp³-hybridized carbons (Fsp3) is 0.647. The van der Waals surface area contributed by atoms with Crippen molar-refractivity contribution in [2.24, 2.45) is 0 Å². The van der Waals surface area contributed by atoms with E-state index in [0.29, 0.717) is 6.61 Å². The zero-order valence-electron chi connectivity index (χ0n) is 13.0. The van der Waals surface area contributed by atoms with Crippen LogP contribution in [0.15, 0.2) is 18.2 Å². The highest BCUT2D eigenvalue weighted by atomic mass is 16.5. The molecule has 0 saturated heterocycles. The van der Waals surface area contributed by atoms with Gasteiger partial charge in [0, 0.05) is 17.6 Å². The number of methoxy groups -OCH3 is 1. The Morgan fingerprint density at radius 1 is 1.20 bits per heavy atom. The molecule has 0 bridgehead atoms. The zero-order chi connectivity index (χ0) is 14.4. The quantitative estimate of drug-likeness (QED) is 0.855. The van der Waals surface area contributed by atoms with Gasteiger partial charge in [-0.1, -0.05) is 31.4 Å². The Morgan fingerprint density at radius 3 is 2.60 bits per heavy atom. The van der Waals surface area contributed by atoms with Crippen LogP contribution < -0.4 is 14.8 Å². The Bertz CT molecular complexity index is 425. The summed E-state index contributed by atoms with van der Waals surface area (Å²) in [5.41, 5.74) is 1.44. The lowest BCUT2D eigenvalue weighted by Crippen LogP contribution is -2.43. The highest BCUT2D eigenvalue weighted by Crippen LogP contribution is 2.33. The van der Waals surface area contributed by atoms with Crippen molar-refractivity contribution in [1.29, 1.82) is 0 Å². The second kappa shape index (κ2) is 6.98. The molecule has 0 amide bonds. The first-order valence-corrected chi connectivity index (χ1v) is 7.72. The molecule has 2 rings (SSSR count). The molecule has 3 nitrogen and oxygen atoms in total. The third kappa shape index (κ3) is 3.66. The van der Waals surface area contributed by atoms with Gasteiger partial charge in [0.25, 0.3) is 0 Å². The Balaban J connectivity index is 2.06. The molecule has 1 aromatic carbocycles. The molecule has 20 heavy (non-hydrogen) atoms. The minimum Gasteiger partial charge on any atom is -0.493 e. The number of nitrogens with one attached hydrogen (secondary N) is 1. The molecule has 1 aliphatic carbocycles. The van der Waals surface area contributed by atoms with Crippen LogP contribution in [0.5, 0.6) is 11.5 Å². The third-order valence-corrected chi connectivity index (χ3v) is 4.23. The van der Waals surface area contributed by atoms with Gasteiger partial charge in [0.1, 0.15) is 0 Å². The molecular weight excluding hydrogens is 250 g/mol. The molecule has 0 spiro atoms. The minimum absolute atomic E-state index is 0.269. The molecule has 0 unspecified atom stereocenters. The summed E-state index contributed by atoms with van der Waals surface area (Å²) in [6.07, 6.45) is 6.57. The first-order chi connectivity index (χ1) is 9.68. The van der Waals surface area contributed by atoms with E-state index in [1.165, 1.54) is 37.7 Å². The van der Waals surface area contributed by atoms with Gasteiger partial charge in [-0.25, -0.2) is 0 Å². The van der Waals surface area contributed by atoms with Crippen LogP contribution in [-0.4, -0.2) is 19.3 Å². The van der Waals surface area contributed by atoms with Gasteiger partial charge in [0.15, 0.2) is 11.5 Å². The number of rotatable bonds is 6. The molecule has 1 aromatic rings. The topological polar surface area (TPSA) is 30.5 Å². The standard InChI is InChI=1S/C17H27NO2/c1-4-20-15-10-8-9-14(16(15)19-3)13-18-17(2)11-6-5-7-12-17/h8-10,18H,4-7,11-13H2,1-3H3. The summed E-state index contributed by atoms with van der Waals surface area (Å²) in [5.74, 6) is 1.70. The molecule has 0 radical (unpaired) electrons. The highest BCUT2D eigenvalue weighted by Gasteiger charge is 2.26. The van der Waals surface area contributed by atoms with Crippen molar-refractivity contribution < 1.29 is 9.47 Å². The van der Waals surface area contributed by atoms with Crippen LogP contribution in [0.4, 0.5) is 0 Å². The maximum atomic E-state index is 5.63. The first-order valence-electron chi connectivity index (χ1n) is 7.72. The highest BCUT2D eigenvalue weighted by molar-refractivity contribution is 5.46. The van der Waals surface area contributed by atoms with Crippen LogP contribution in [0.3, 0.4) is 0 Å². The molecule has 1 N–H and O–H groups in total. The number of benzene rings is 1. The van der Waals surface area contributed by atoms with E-state index in [-0.39, 0.29) is 5.54 Å². The van der Waals surface area contributed by atoms with Crippen molar-refractivity contribution in [2.45, 2.75) is 58.0 Å². The molecule has 1 aliphatic rings. The van der Waals surface area contributed by atoms with Crippen LogP contribution in [0.25, 0.3) is 0 Å². The van der Waals surface area contributed by atoms with E-state index in [1.54, 1.807) is 7.11 Å². The minimum atomic E-state index is 0.269. The lowest BCUT2D eigenvalue weighted by molar-refractivity contribution is 0.250. The normalized spacial score (nSPS) is 17.8. The van der Waals surface area contributed by atoms with Crippen molar-refractivity contribution in [2.75, 3.05) is 13.7 Å². The maximum absolute atomic E-state index is 5.63. The van der Waals surface area contributed by atoms with Gasteiger partial charge < -0.3 is 14.8 Å². The molecule has 0 atom stereocenters. The second-order valence-corrected chi connectivity index (χ2v) is 5.86. The Morgan fingerprint density at radius 2 is 1.95 bits per heavy atom. The van der Waals surface area contributed by atoms with Crippen LogP contribution >= 0.6 is 0 Å². The molecule has 1 fully saturated rings. The molecule has 3 heteroatoms. The Hall–Kier alpha value is -1.22. The Labute approximate surface area is 122 Å². The van der Waals surface area contributed by atoms with Crippen molar-refractivity contribution in [1.82, 2.24) is 5.32 Å². The van der Waals surface area contributed by atoms with E-state index in [4.69, 9.17) is 9.47 Å². The summed E-state index contributed by atoms with van der Waals surface area (Å²) in [7, 11) is 1.71. The molecular formula is C17H27NO2. The first kappa shape index (κ1) is 15.2. The van der Waals surface area contributed by atoms with E-state index in [0.717, 1.165) is 18.0 Å². The largest absolute Gasteiger partial charge is 0.493 e. The average molecular weight is 277 g/mol. The van der Waals surface area contributed by atoms with Crippen LogP contribution in [0, 0.1) is 0 Å². The number of hydrogen-bond donors (Lipinski definition) is 1. The van der Waals surface area contributed by atoms with E-state index < -0.39 is 0 Å². The van der Waals surface area contributed by atoms with Gasteiger partial charge in [-0.05, 0) is 32.8 Å². The van der Waals surface area contributed by atoms with Crippen molar-refractivity contribution in [3.63, 3.8) is 0 Å². The molecule has 112 valence electrons. The SMILES string of the molecule is CCOc1cccc(CNC2(C)CCCCC2)c1OC. The monoisotopic (exact) mass is 277 g/mol. The van der Waals surface area contributed by atoms with Gasteiger partial charge in [-0.3, -0.25) is 0 Å². The molecule has 0 aliphatic heterocycles. The zero-order valence-corrected chi connectivity index (χ0v) is 13.0. The fourth-order valence-electron chi connectivity index (χ4n) is 3.02. The smallest absolute Gasteiger partial charge is 0.165 e. The van der Waals surface area contributed by atoms with Gasteiger partial charge in [0.2, 0.25) is 0 Å².